The van der Waals surface area contributed by atoms with Gasteiger partial charge in [0.05, 0.1) is 5.97 Å². The summed E-state index contributed by atoms with van der Waals surface area (Å²) in [6.07, 6.45) is 1.40. The molecule has 1 aromatic carbocycles. The molecule has 0 N–H and O–H groups in total. The average molecular weight is 242 g/mol. The summed E-state index contributed by atoms with van der Waals surface area (Å²) in [6.45, 7) is 0.250. The summed E-state index contributed by atoms with van der Waals surface area (Å²) in [7, 11) is 0. The minimum atomic E-state index is -1.44. The summed E-state index contributed by atoms with van der Waals surface area (Å²) < 4.78 is 9.92. The first-order valence-corrected chi connectivity index (χ1v) is 4.92. The zero-order valence-corrected chi connectivity index (χ0v) is 10.00. The van der Waals surface area contributed by atoms with Gasteiger partial charge in [0.25, 0.3) is 0 Å². The van der Waals surface area contributed by atoms with Crippen LogP contribution in [-0.4, -0.2) is 25.2 Å². The van der Waals surface area contributed by atoms with E-state index in [1.54, 1.807) is 12.1 Å². The van der Waals surface area contributed by atoms with Crippen LogP contribution in [0.4, 0.5) is 0 Å². The van der Waals surface area contributed by atoms with Crippen LogP contribution in [0.1, 0.15) is 0 Å². The fraction of sp³-hybridized carbons (Fsp3) is 0.167. The van der Waals surface area contributed by atoms with Crippen molar-refractivity contribution in [1.82, 2.24) is 0 Å². The molecule has 0 saturated carbocycles. The van der Waals surface area contributed by atoms with Gasteiger partial charge in [0, 0.05) is 6.08 Å². The molecule has 5 nitrogen and oxygen atoms in total. The summed E-state index contributed by atoms with van der Waals surface area (Å²) >= 11 is 0. The van der Waals surface area contributed by atoms with Crippen LogP contribution in [0, 0.1) is 0 Å². The topological polar surface area (TPSA) is 75.7 Å². The van der Waals surface area contributed by atoms with Crippen molar-refractivity contribution in [1.29, 1.82) is 0 Å². The number of para-hydroxylation sites is 1. The molecule has 0 unspecified atom stereocenters. The Labute approximate surface area is 117 Å². The molecule has 0 aliphatic heterocycles. The number of rotatable bonds is 6. The molecular weight excluding hydrogens is 231 g/mol. The van der Waals surface area contributed by atoms with Crippen LogP contribution in [0.3, 0.4) is 0 Å². The standard InChI is InChI=1S/C12H12O5.Li/c13-11(14)6-7-12(15)17-9-8-16-10-4-2-1-3-5-10;/h1-7H,8-9H2,(H,13,14);/q;+1/p-1/b7-6-;. The third-order valence-corrected chi connectivity index (χ3v) is 1.70. The van der Waals surface area contributed by atoms with Gasteiger partial charge in [-0.25, -0.2) is 4.79 Å². The number of hydrogen-bond donors (Lipinski definition) is 0. The molecule has 18 heavy (non-hydrogen) atoms. The maximum Gasteiger partial charge on any atom is 1.00 e. The van der Waals surface area contributed by atoms with E-state index in [9.17, 15) is 14.7 Å². The molecule has 0 heterocycles. The summed E-state index contributed by atoms with van der Waals surface area (Å²) in [5.74, 6) is -1.51. The monoisotopic (exact) mass is 242 g/mol. The molecule has 0 aliphatic carbocycles. The summed E-state index contributed by atoms with van der Waals surface area (Å²) in [4.78, 5) is 20.9. The Morgan fingerprint density at radius 1 is 1.11 bits per heavy atom. The van der Waals surface area contributed by atoms with Crippen molar-refractivity contribution in [3.05, 3.63) is 42.5 Å². The second-order valence-electron chi connectivity index (χ2n) is 2.98. The van der Waals surface area contributed by atoms with Crippen LogP contribution in [0.5, 0.6) is 5.75 Å². The van der Waals surface area contributed by atoms with Crippen LogP contribution in [-0.2, 0) is 14.3 Å². The van der Waals surface area contributed by atoms with E-state index in [4.69, 9.17) is 4.74 Å². The Hall–Kier alpha value is -1.70. The van der Waals surface area contributed by atoms with E-state index in [2.05, 4.69) is 4.74 Å². The molecule has 6 heteroatoms. The minimum absolute atomic E-state index is 0. The quantitative estimate of drug-likeness (QED) is 0.229. The third-order valence-electron chi connectivity index (χ3n) is 1.70. The van der Waals surface area contributed by atoms with Crippen molar-refractivity contribution in [2.24, 2.45) is 0 Å². The molecular formula is C12H11LiO5. The number of carbonyl (C=O) groups is 2. The van der Waals surface area contributed by atoms with Crippen molar-refractivity contribution in [3.63, 3.8) is 0 Å². The van der Waals surface area contributed by atoms with Crippen molar-refractivity contribution in [2.75, 3.05) is 13.2 Å². The van der Waals surface area contributed by atoms with Gasteiger partial charge in [-0.1, -0.05) is 18.2 Å². The number of carboxylic acids is 1. The Balaban J connectivity index is 0.00000289. The second-order valence-corrected chi connectivity index (χ2v) is 2.98. The molecule has 1 rings (SSSR count). The molecule has 0 bridgehead atoms. The van der Waals surface area contributed by atoms with Crippen LogP contribution < -0.4 is 28.7 Å². The maximum absolute atomic E-state index is 10.9. The fourth-order valence-electron chi connectivity index (χ4n) is 1.00. The van der Waals surface area contributed by atoms with E-state index >= 15 is 0 Å². The van der Waals surface area contributed by atoms with E-state index in [0.717, 1.165) is 6.08 Å². The fourth-order valence-corrected chi connectivity index (χ4v) is 1.00. The second kappa shape index (κ2) is 9.34. The summed E-state index contributed by atoms with van der Waals surface area (Å²) in [5.41, 5.74) is 0. The van der Waals surface area contributed by atoms with E-state index in [0.29, 0.717) is 11.8 Å². The SMILES string of the molecule is O=C([O-])/C=C\C(=O)OCCOc1ccccc1.[Li+]. The van der Waals surface area contributed by atoms with Gasteiger partial charge in [-0.2, -0.15) is 0 Å². The zero-order valence-electron chi connectivity index (χ0n) is 10.00. The molecule has 0 saturated heterocycles. The van der Waals surface area contributed by atoms with Crippen molar-refractivity contribution in [2.45, 2.75) is 0 Å². The summed E-state index contributed by atoms with van der Waals surface area (Å²) in [6, 6.07) is 9.06. The molecule has 0 radical (unpaired) electrons. The van der Waals surface area contributed by atoms with Gasteiger partial charge in [0.15, 0.2) is 0 Å². The Morgan fingerprint density at radius 2 is 1.78 bits per heavy atom. The van der Waals surface area contributed by atoms with Crippen LogP contribution in [0.25, 0.3) is 0 Å². The van der Waals surface area contributed by atoms with Crippen LogP contribution in [0.2, 0.25) is 0 Å². The van der Waals surface area contributed by atoms with E-state index in [1.807, 2.05) is 18.2 Å². The third kappa shape index (κ3) is 7.55. The van der Waals surface area contributed by atoms with Crippen molar-refractivity contribution >= 4 is 11.9 Å². The maximum atomic E-state index is 10.9. The molecule has 1 aromatic rings. The number of hydrogen-bond acceptors (Lipinski definition) is 5. The average Bonchev–Trinajstić information content (AvgIpc) is 2.33. The van der Waals surface area contributed by atoms with E-state index in [-0.39, 0.29) is 32.1 Å². The van der Waals surface area contributed by atoms with Gasteiger partial charge in [0.1, 0.15) is 19.0 Å². The minimum Gasteiger partial charge on any atom is -0.545 e. The first-order valence-electron chi connectivity index (χ1n) is 4.92. The Bertz CT molecular complexity index is 402. The molecule has 0 spiro atoms. The zero-order chi connectivity index (χ0) is 12.5. The number of aliphatic carboxylic acids is 1. The first-order chi connectivity index (χ1) is 8.18. The Kier molecular flexibility index (Phi) is 8.46. The molecule has 0 aliphatic rings. The first kappa shape index (κ1) is 16.3. The van der Waals surface area contributed by atoms with Gasteiger partial charge in [0.2, 0.25) is 0 Å². The van der Waals surface area contributed by atoms with Crippen LogP contribution >= 0.6 is 0 Å². The smallest absolute Gasteiger partial charge is 0.545 e. The van der Waals surface area contributed by atoms with Crippen LogP contribution in [0.15, 0.2) is 42.5 Å². The molecule has 0 fully saturated rings. The Morgan fingerprint density at radius 3 is 2.39 bits per heavy atom. The number of carboxylic acid groups (broad SMARTS) is 1. The summed E-state index contributed by atoms with van der Waals surface area (Å²) in [5, 5.41) is 9.99. The predicted molar refractivity (Wildman–Crippen MR) is 57.0 cm³/mol. The number of esters is 1. The van der Waals surface area contributed by atoms with E-state index in [1.165, 1.54) is 0 Å². The molecule has 0 aromatic heterocycles. The van der Waals surface area contributed by atoms with Crippen molar-refractivity contribution < 1.29 is 43.0 Å². The normalized spacial score (nSPS) is 9.56. The molecule has 0 amide bonds. The van der Waals surface area contributed by atoms with Gasteiger partial charge < -0.3 is 19.4 Å². The van der Waals surface area contributed by atoms with Gasteiger partial charge >= 0.3 is 24.8 Å². The van der Waals surface area contributed by atoms with Gasteiger partial charge in [-0.15, -0.1) is 0 Å². The molecule has 0 atom stereocenters. The number of carbonyl (C=O) groups excluding carboxylic acids is 2. The van der Waals surface area contributed by atoms with Gasteiger partial charge in [-0.3, -0.25) is 0 Å². The molecule has 90 valence electrons. The number of ether oxygens (including phenoxy) is 2. The predicted octanol–water partition coefficient (Wildman–Crippen LogP) is -3.08. The van der Waals surface area contributed by atoms with Gasteiger partial charge in [-0.05, 0) is 18.2 Å². The largest absolute Gasteiger partial charge is 1.00 e. The van der Waals surface area contributed by atoms with E-state index < -0.39 is 11.9 Å². The number of benzene rings is 1. The van der Waals surface area contributed by atoms with Crippen molar-refractivity contribution in [3.8, 4) is 5.75 Å².